The first-order chi connectivity index (χ1) is 14.7. The van der Waals surface area contributed by atoms with Crippen LogP contribution in [0.5, 0.6) is 5.75 Å². The molecule has 0 radical (unpaired) electrons. The van der Waals surface area contributed by atoms with Gasteiger partial charge in [0.05, 0.1) is 19.0 Å². The predicted octanol–water partition coefficient (Wildman–Crippen LogP) is 3.44. The standard InChI is InChI=1S/C24H36N2O4S/c1-23(2)20-16-24(17-29-22(20)19-6-4-5-7-21(19)30-23)10-14-25(15-11-24)18-8-12-26(13-9-18)31(3,27)28/h4-7,18,20,22H,8-17H2,1-3H3/t20-,22+/m0/s1. The van der Waals surface area contributed by atoms with Crippen molar-refractivity contribution in [1.82, 2.24) is 9.21 Å². The second kappa shape index (κ2) is 7.72. The zero-order chi connectivity index (χ0) is 21.9. The van der Waals surface area contributed by atoms with E-state index in [-0.39, 0.29) is 17.1 Å². The molecular formula is C24H36N2O4S. The maximum absolute atomic E-state index is 11.8. The quantitative estimate of drug-likeness (QED) is 0.694. The molecule has 0 unspecified atom stereocenters. The molecule has 1 aromatic carbocycles. The molecule has 4 aliphatic rings. The Morgan fingerprint density at radius 1 is 1.03 bits per heavy atom. The minimum atomic E-state index is -3.06. The minimum Gasteiger partial charge on any atom is -0.487 e. The van der Waals surface area contributed by atoms with E-state index in [1.165, 1.54) is 11.8 Å². The van der Waals surface area contributed by atoms with Crippen molar-refractivity contribution in [2.45, 2.75) is 63.7 Å². The van der Waals surface area contributed by atoms with Gasteiger partial charge in [0.15, 0.2) is 0 Å². The van der Waals surface area contributed by atoms with Gasteiger partial charge in [0.1, 0.15) is 11.4 Å². The lowest BCUT2D eigenvalue weighted by Gasteiger charge is -2.55. The third kappa shape index (κ3) is 4.03. The van der Waals surface area contributed by atoms with E-state index < -0.39 is 10.0 Å². The molecule has 0 aliphatic carbocycles. The van der Waals surface area contributed by atoms with Crippen molar-refractivity contribution < 1.29 is 17.9 Å². The largest absolute Gasteiger partial charge is 0.487 e. The Morgan fingerprint density at radius 3 is 2.39 bits per heavy atom. The van der Waals surface area contributed by atoms with Gasteiger partial charge in [0.25, 0.3) is 0 Å². The summed E-state index contributed by atoms with van der Waals surface area (Å²) in [6.07, 6.45) is 6.80. The summed E-state index contributed by atoms with van der Waals surface area (Å²) in [7, 11) is -3.06. The summed E-state index contributed by atoms with van der Waals surface area (Å²) in [5.74, 6) is 1.33. The Bertz CT molecular complexity index is 915. The highest BCUT2D eigenvalue weighted by molar-refractivity contribution is 7.88. The fourth-order valence-corrected chi connectivity index (χ4v) is 7.22. The highest BCUT2D eigenvalue weighted by atomic mass is 32.2. The molecule has 4 heterocycles. The molecule has 5 rings (SSSR count). The summed E-state index contributed by atoms with van der Waals surface area (Å²) in [4.78, 5) is 2.61. The third-order valence-corrected chi connectivity index (χ3v) is 9.65. The number of ether oxygens (including phenoxy) is 2. The van der Waals surface area contributed by atoms with Crippen LogP contribution in [0.3, 0.4) is 0 Å². The van der Waals surface area contributed by atoms with Gasteiger partial charge in [-0.25, -0.2) is 12.7 Å². The summed E-state index contributed by atoms with van der Waals surface area (Å²) in [6.45, 7) is 8.75. The van der Waals surface area contributed by atoms with Crippen LogP contribution >= 0.6 is 0 Å². The number of piperidine rings is 2. The van der Waals surface area contributed by atoms with E-state index in [2.05, 4.69) is 36.9 Å². The van der Waals surface area contributed by atoms with Gasteiger partial charge in [0.2, 0.25) is 10.0 Å². The molecule has 2 atom stereocenters. The number of benzene rings is 1. The SMILES string of the molecule is CC1(C)Oc2ccccc2[C@H]2OCC3(CCN(C4CCN(S(C)(=O)=O)CC4)CC3)C[C@@H]21. The Morgan fingerprint density at radius 2 is 1.71 bits per heavy atom. The number of nitrogens with zero attached hydrogens (tertiary/aromatic N) is 2. The van der Waals surface area contributed by atoms with Crippen molar-refractivity contribution in [3.05, 3.63) is 29.8 Å². The number of hydrogen-bond acceptors (Lipinski definition) is 5. The van der Waals surface area contributed by atoms with E-state index in [4.69, 9.17) is 9.47 Å². The molecule has 3 saturated heterocycles. The van der Waals surface area contributed by atoms with E-state index in [9.17, 15) is 8.42 Å². The highest BCUT2D eigenvalue weighted by Crippen LogP contribution is 2.55. The zero-order valence-electron chi connectivity index (χ0n) is 19.0. The van der Waals surface area contributed by atoms with E-state index >= 15 is 0 Å². The molecule has 0 saturated carbocycles. The van der Waals surface area contributed by atoms with Crippen molar-refractivity contribution in [3.63, 3.8) is 0 Å². The molecule has 172 valence electrons. The van der Waals surface area contributed by atoms with Crippen molar-refractivity contribution in [1.29, 1.82) is 0 Å². The smallest absolute Gasteiger partial charge is 0.211 e. The number of hydrogen-bond donors (Lipinski definition) is 0. The lowest BCUT2D eigenvalue weighted by atomic mass is 9.64. The Labute approximate surface area is 186 Å². The van der Waals surface area contributed by atoms with Gasteiger partial charge in [-0.1, -0.05) is 18.2 Å². The van der Waals surface area contributed by atoms with Crippen LogP contribution in [0.1, 0.15) is 57.6 Å². The molecular weight excluding hydrogens is 412 g/mol. The van der Waals surface area contributed by atoms with Crippen LogP contribution in [0.4, 0.5) is 0 Å². The Balaban J connectivity index is 1.23. The maximum Gasteiger partial charge on any atom is 0.211 e. The van der Waals surface area contributed by atoms with Gasteiger partial charge in [-0.15, -0.1) is 0 Å². The maximum atomic E-state index is 11.8. The van der Waals surface area contributed by atoms with Crippen molar-refractivity contribution in [2.75, 3.05) is 39.0 Å². The van der Waals surface area contributed by atoms with E-state index in [0.29, 0.717) is 25.0 Å². The Kier molecular flexibility index (Phi) is 5.40. The lowest BCUT2D eigenvalue weighted by Crippen LogP contribution is -2.56. The molecule has 6 nitrogen and oxygen atoms in total. The fraction of sp³-hybridized carbons (Fsp3) is 0.750. The minimum absolute atomic E-state index is 0.129. The average Bonchev–Trinajstić information content (AvgIpc) is 2.74. The first-order valence-corrected chi connectivity index (χ1v) is 13.6. The summed E-state index contributed by atoms with van der Waals surface area (Å²) in [6, 6.07) is 8.85. The van der Waals surface area contributed by atoms with Gasteiger partial charge < -0.3 is 14.4 Å². The van der Waals surface area contributed by atoms with Crippen molar-refractivity contribution in [3.8, 4) is 5.75 Å². The number of para-hydroxylation sites is 1. The summed E-state index contributed by atoms with van der Waals surface area (Å²) < 4.78 is 38.3. The van der Waals surface area contributed by atoms with Crippen LogP contribution in [0, 0.1) is 11.3 Å². The second-order valence-corrected chi connectivity index (χ2v) is 12.7. The fourth-order valence-electron chi connectivity index (χ4n) is 6.35. The van der Waals surface area contributed by atoms with E-state index in [1.54, 1.807) is 4.31 Å². The summed E-state index contributed by atoms with van der Waals surface area (Å²) in [5, 5.41) is 0. The van der Waals surface area contributed by atoms with E-state index in [1.807, 2.05) is 6.07 Å². The van der Waals surface area contributed by atoms with Gasteiger partial charge >= 0.3 is 0 Å². The molecule has 0 aromatic heterocycles. The Hall–Kier alpha value is -1.15. The molecule has 0 N–H and O–H groups in total. The van der Waals surface area contributed by atoms with Crippen LogP contribution in [0.25, 0.3) is 0 Å². The lowest BCUT2D eigenvalue weighted by molar-refractivity contribution is -0.175. The molecule has 0 bridgehead atoms. The van der Waals surface area contributed by atoms with Gasteiger partial charge in [-0.05, 0) is 70.5 Å². The van der Waals surface area contributed by atoms with Crippen molar-refractivity contribution in [2.24, 2.45) is 11.3 Å². The number of sulfonamides is 1. The summed E-state index contributed by atoms with van der Waals surface area (Å²) in [5.41, 5.74) is 1.21. The molecule has 7 heteroatoms. The molecule has 31 heavy (non-hydrogen) atoms. The molecule has 0 amide bonds. The normalized spacial score (nSPS) is 31.6. The predicted molar refractivity (Wildman–Crippen MR) is 121 cm³/mol. The second-order valence-electron chi connectivity index (χ2n) is 10.7. The number of likely N-dealkylation sites (tertiary alicyclic amines) is 1. The molecule has 3 fully saturated rings. The number of fused-ring (bicyclic) bond motifs is 3. The molecule has 1 aromatic rings. The topological polar surface area (TPSA) is 59.1 Å². The average molecular weight is 449 g/mol. The third-order valence-electron chi connectivity index (χ3n) is 8.35. The summed E-state index contributed by atoms with van der Waals surface area (Å²) >= 11 is 0. The highest BCUT2D eigenvalue weighted by Gasteiger charge is 2.52. The molecule has 4 aliphatic heterocycles. The first kappa shape index (κ1) is 21.7. The number of rotatable bonds is 2. The molecule has 1 spiro atoms. The van der Waals surface area contributed by atoms with E-state index in [0.717, 1.165) is 57.6 Å². The van der Waals surface area contributed by atoms with Crippen LogP contribution in [0.15, 0.2) is 24.3 Å². The first-order valence-electron chi connectivity index (χ1n) is 11.8. The van der Waals surface area contributed by atoms with Crippen molar-refractivity contribution >= 4 is 10.0 Å². The van der Waals surface area contributed by atoms with Gasteiger partial charge in [-0.3, -0.25) is 0 Å². The van der Waals surface area contributed by atoms with Gasteiger partial charge in [-0.2, -0.15) is 0 Å². The zero-order valence-corrected chi connectivity index (χ0v) is 19.9. The van der Waals surface area contributed by atoms with Crippen LogP contribution in [-0.2, 0) is 14.8 Å². The van der Waals surface area contributed by atoms with Gasteiger partial charge in [0, 0.05) is 30.6 Å². The van der Waals surface area contributed by atoms with Crippen LogP contribution in [-0.4, -0.2) is 68.3 Å². The van der Waals surface area contributed by atoms with Crippen LogP contribution < -0.4 is 4.74 Å². The van der Waals surface area contributed by atoms with Crippen LogP contribution in [0.2, 0.25) is 0 Å². The monoisotopic (exact) mass is 448 g/mol.